The minimum Gasteiger partial charge on any atom is -0.380 e. The van der Waals surface area contributed by atoms with Gasteiger partial charge in [0.2, 0.25) is 0 Å². The van der Waals surface area contributed by atoms with Crippen molar-refractivity contribution in [2.75, 3.05) is 20.2 Å². The highest BCUT2D eigenvalue weighted by atomic mass is 32.1. The SMILES string of the molecule is CCn1c(C2CCN(C(=O)c3ccccc3COC)CC2)n[nH]c1=S. The lowest BCUT2D eigenvalue weighted by Gasteiger charge is -2.32. The summed E-state index contributed by atoms with van der Waals surface area (Å²) in [7, 11) is 1.65. The predicted octanol–water partition coefficient (Wildman–Crippen LogP) is 3.13. The molecule has 0 spiro atoms. The van der Waals surface area contributed by atoms with Gasteiger partial charge < -0.3 is 14.2 Å². The molecule has 1 aliphatic rings. The summed E-state index contributed by atoms with van der Waals surface area (Å²) in [4.78, 5) is 14.8. The standard InChI is InChI=1S/C18H24N4O2S/c1-3-22-16(19-20-18(22)25)13-8-10-21(11-9-13)17(23)15-7-5-4-6-14(15)12-24-2/h4-7,13H,3,8-12H2,1-2H3,(H,20,25). The van der Waals surface area contributed by atoms with E-state index in [0.29, 0.717) is 17.3 Å². The van der Waals surface area contributed by atoms with E-state index >= 15 is 0 Å². The number of carbonyl (C=O) groups is 1. The monoisotopic (exact) mass is 360 g/mol. The highest BCUT2D eigenvalue weighted by Crippen LogP contribution is 2.28. The van der Waals surface area contributed by atoms with Crippen LogP contribution in [0.1, 0.15) is 47.4 Å². The minimum absolute atomic E-state index is 0.0838. The Morgan fingerprint density at radius 3 is 2.76 bits per heavy atom. The Labute approximate surface area is 152 Å². The van der Waals surface area contributed by atoms with Crippen LogP contribution in [0.15, 0.2) is 24.3 Å². The number of methoxy groups -OCH3 is 1. The summed E-state index contributed by atoms with van der Waals surface area (Å²) < 4.78 is 7.93. The third-order valence-corrected chi connectivity index (χ3v) is 5.11. The molecule has 1 aromatic carbocycles. The van der Waals surface area contributed by atoms with Gasteiger partial charge in [0.05, 0.1) is 6.61 Å². The summed E-state index contributed by atoms with van der Waals surface area (Å²) in [6.45, 7) is 4.79. The summed E-state index contributed by atoms with van der Waals surface area (Å²) >= 11 is 5.28. The summed E-state index contributed by atoms with van der Waals surface area (Å²) in [5, 5.41) is 7.29. The number of likely N-dealkylation sites (tertiary alicyclic amines) is 1. The van der Waals surface area contributed by atoms with E-state index in [1.54, 1.807) is 7.11 Å². The first-order valence-corrected chi connectivity index (χ1v) is 9.07. The van der Waals surface area contributed by atoms with Gasteiger partial charge in [0.15, 0.2) is 4.77 Å². The normalized spacial score (nSPS) is 15.5. The van der Waals surface area contributed by atoms with E-state index in [-0.39, 0.29) is 5.91 Å². The number of piperidine rings is 1. The molecule has 0 radical (unpaired) electrons. The number of hydrogen-bond acceptors (Lipinski definition) is 4. The van der Waals surface area contributed by atoms with Crippen LogP contribution in [-0.4, -0.2) is 45.8 Å². The molecule has 2 heterocycles. The van der Waals surface area contributed by atoms with E-state index in [2.05, 4.69) is 17.1 Å². The molecule has 1 saturated heterocycles. The summed E-state index contributed by atoms with van der Waals surface area (Å²) in [5.41, 5.74) is 1.67. The van der Waals surface area contributed by atoms with Gasteiger partial charge in [0.1, 0.15) is 5.82 Å². The van der Waals surface area contributed by atoms with E-state index in [9.17, 15) is 4.79 Å². The number of aromatic amines is 1. The number of H-pyrrole nitrogens is 1. The molecule has 0 bridgehead atoms. The Hall–Kier alpha value is -1.99. The van der Waals surface area contributed by atoms with Crippen molar-refractivity contribution in [3.63, 3.8) is 0 Å². The molecule has 1 fully saturated rings. The largest absolute Gasteiger partial charge is 0.380 e. The van der Waals surface area contributed by atoms with Gasteiger partial charge in [-0.1, -0.05) is 18.2 Å². The van der Waals surface area contributed by atoms with Crippen LogP contribution < -0.4 is 0 Å². The first-order valence-electron chi connectivity index (χ1n) is 8.67. The van der Waals surface area contributed by atoms with E-state index in [1.165, 1.54) is 0 Å². The third-order valence-electron chi connectivity index (χ3n) is 4.80. The molecular formula is C18H24N4O2S. The highest BCUT2D eigenvalue weighted by Gasteiger charge is 2.28. The zero-order valence-electron chi connectivity index (χ0n) is 14.7. The van der Waals surface area contributed by atoms with Crippen molar-refractivity contribution in [3.8, 4) is 0 Å². The second-order valence-electron chi connectivity index (χ2n) is 6.29. The van der Waals surface area contributed by atoms with Gasteiger partial charge in [0, 0.05) is 38.2 Å². The van der Waals surface area contributed by atoms with Gasteiger partial charge >= 0.3 is 0 Å². The molecule has 6 nitrogen and oxygen atoms in total. The Morgan fingerprint density at radius 1 is 1.36 bits per heavy atom. The number of aromatic nitrogens is 3. The van der Waals surface area contributed by atoms with Crippen LogP contribution in [0.5, 0.6) is 0 Å². The number of amides is 1. The average Bonchev–Trinajstić information content (AvgIpc) is 3.02. The lowest BCUT2D eigenvalue weighted by Crippen LogP contribution is -2.38. The summed E-state index contributed by atoms with van der Waals surface area (Å²) in [6.07, 6.45) is 1.80. The van der Waals surface area contributed by atoms with Crippen LogP contribution in [-0.2, 0) is 17.9 Å². The molecule has 2 aromatic rings. The highest BCUT2D eigenvalue weighted by molar-refractivity contribution is 7.71. The Balaban J connectivity index is 1.70. The van der Waals surface area contributed by atoms with Crippen molar-refractivity contribution in [2.24, 2.45) is 0 Å². The maximum atomic E-state index is 12.9. The molecular weight excluding hydrogens is 336 g/mol. The third kappa shape index (κ3) is 3.67. The Morgan fingerprint density at radius 2 is 2.08 bits per heavy atom. The molecule has 3 rings (SSSR count). The van der Waals surface area contributed by atoms with Crippen molar-refractivity contribution in [2.45, 2.75) is 38.8 Å². The molecule has 1 aliphatic heterocycles. The van der Waals surface area contributed by atoms with Crippen LogP contribution in [0.25, 0.3) is 0 Å². The molecule has 1 amide bonds. The smallest absolute Gasteiger partial charge is 0.254 e. The second kappa shape index (κ2) is 7.93. The van der Waals surface area contributed by atoms with Gasteiger partial charge in [0.25, 0.3) is 5.91 Å². The maximum absolute atomic E-state index is 12.9. The molecule has 134 valence electrons. The van der Waals surface area contributed by atoms with Crippen LogP contribution in [0.2, 0.25) is 0 Å². The number of rotatable bonds is 5. The molecule has 1 N–H and O–H groups in total. The molecule has 0 unspecified atom stereocenters. The molecule has 0 aliphatic carbocycles. The molecule has 0 saturated carbocycles. The van der Waals surface area contributed by atoms with Crippen LogP contribution in [0.4, 0.5) is 0 Å². The molecule has 25 heavy (non-hydrogen) atoms. The molecule has 7 heteroatoms. The second-order valence-corrected chi connectivity index (χ2v) is 6.67. The fourth-order valence-electron chi connectivity index (χ4n) is 3.47. The van der Waals surface area contributed by atoms with Gasteiger partial charge in [-0.05, 0) is 43.6 Å². The zero-order chi connectivity index (χ0) is 17.8. The average molecular weight is 360 g/mol. The number of benzene rings is 1. The quantitative estimate of drug-likeness (QED) is 0.832. The lowest BCUT2D eigenvalue weighted by atomic mass is 9.95. The van der Waals surface area contributed by atoms with Crippen molar-refractivity contribution in [1.29, 1.82) is 0 Å². The van der Waals surface area contributed by atoms with Crippen LogP contribution >= 0.6 is 12.2 Å². The topological polar surface area (TPSA) is 63.1 Å². The van der Waals surface area contributed by atoms with Crippen LogP contribution in [0, 0.1) is 4.77 Å². The number of carbonyl (C=O) groups excluding carboxylic acids is 1. The van der Waals surface area contributed by atoms with Crippen LogP contribution in [0.3, 0.4) is 0 Å². The first kappa shape index (κ1) is 17.8. The van der Waals surface area contributed by atoms with E-state index in [4.69, 9.17) is 17.0 Å². The van der Waals surface area contributed by atoms with Gasteiger partial charge in [-0.3, -0.25) is 9.89 Å². The molecule has 1 aromatic heterocycles. The van der Waals surface area contributed by atoms with E-state index in [0.717, 1.165) is 49.4 Å². The van der Waals surface area contributed by atoms with Crippen molar-refractivity contribution < 1.29 is 9.53 Å². The van der Waals surface area contributed by atoms with Gasteiger partial charge in [-0.25, -0.2) is 0 Å². The van der Waals surface area contributed by atoms with Crippen molar-refractivity contribution in [3.05, 3.63) is 46.0 Å². The van der Waals surface area contributed by atoms with Crippen molar-refractivity contribution >= 4 is 18.1 Å². The number of ether oxygens (including phenoxy) is 1. The fourth-order valence-corrected chi connectivity index (χ4v) is 3.74. The first-order chi connectivity index (χ1) is 12.2. The van der Waals surface area contributed by atoms with E-state index < -0.39 is 0 Å². The lowest BCUT2D eigenvalue weighted by molar-refractivity contribution is 0.0705. The fraction of sp³-hybridized carbons (Fsp3) is 0.500. The van der Waals surface area contributed by atoms with E-state index in [1.807, 2.05) is 33.7 Å². The maximum Gasteiger partial charge on any atom is 0.254 e. The van der Waals surface area contributed by atoms with Gasteiger partial charge in [-0.2, -0.15) is 5.10 Å². The summed E-state index contributed by atoms with van der Waals surface area (Å²) in [5.74, 6) is 1.44. The summed E-state index contributed by atoms with van der Waals surface area (Å²) in [6, 6.07) is 7.66. The van der Waals surface area contributed by atoms with Gasteiger partial charge in [-0.15, -0.1) is 0 Å². The Bertz CT molecular complexity index is 790. The Kier molecular flexibility index (Phi) is 5.65. The number of nitrogens with zero attached hydrogens (tertiary/aromatic N) is 3. The predicted molar refractivity (Wildman–Crippen MR) is 98.1 cm³/mol. The minimum atomic E-state index is 0.0838. The number of nitrogens with one attached hydrogen (secondary N) is 1. The zero-order valence-corrected chi connectivity index (χ0v) is 15.5. The van der Waals surface area contributed by atoms with Crippen molar-refractivity contribution in [1.82, 2.24) is 19.7 Å². The number of hydrogen-bond donors (Lipinski definition) is 1. The molecule has 0 atom stereocenters.